The maximum Gasteiger partial charge on any atom is 0.381 e. The number of aryl methyl sites for hydroxylation is 2. The van der Waals surface area contributed by atoms with Crippen molar-refractivity contribution in [2.75, 3.05) is 17.7 Å². The number of anilines is 2. The van der Waals surface area contributed by atoms with Crippen molar-refractivity contribution in [3.8, 4) is 11.5 Å². The molecule has 2 aromatic carbocycles. The van der Waals surface area contributed by atoms with Crippen LogP contribution in [0, 0.1) is 10.1 Å². The van der Waals surface area contributed by atoms with Gasteiger partial charge in [-0.05, 0) is 76.2 Å². The number of nitro groups is 1. The molecule has 0 unspecified atom stereocenters. The smallest absolute Gasteiger partial charge is 0.381 e. The summed E-state index contributed by atoms with van der Waals surface area (Å²) < 4.78 is 13.2. The number of hydrogen-bond donors (Lipinski definition) is 2. The molecule has 11 nitrogen and oxygen atoms in total. The first kappa shape index (κ1) is 26.3. The molecule has 0 saturated carbocycles. The second-order valence-corrected chi connectivity index (χ2v) is 10.4. The maximum absolute atomic E-state index is 13.2. The first-order valence-electron chi connectivity index (χ1n) is 13.0. The largest absolute Gasteiger partial charge is 0.493 e. The van der Waals surface area contributed by atoms with Crippen LogP contribution in [0.25, 0.3) is 5.57 Å². The van der Waals surface area contributed by atoms with Crippen LogP contribution in [0.4, 0.5) is 17.2 Å². The average Bonchev–Trinajstić information content (AvgIpc) is 3.66. The summed E-state index contributed by atoms with van der Waals surface area (Å²) in [6.07, 6.45) is 6.80. The minimum Gasteiger partial charge on any atom is -0.493 e. The van der Waals surface area contributed by atoms with Crippen molar-refractivity contribution in [3.05, 3.63) is 104 Å². The molecule has 2 N–H and O–H groups in total. The Morgan fingerprint density at radius 2 is 2.00 bits per heavy atom. The molecule has 0 spiro atoms. The topological polar surface area (TPSA) is 133 Å². The van der Waals surface area contributed by atoms with Crippen LogP contribution in [0.15, 0.2) is 77.2 Å². The number of methoxy groups -OCH3 is 1. The predicted octanol–water partition coefficient (Wildman–Crippen LogP) is 5.57. The number of ether oxygens (including phenoxy) is 2. The number of carbonyl (C=O) groups excluding carboxylic acids is 1. The number of nitrogens with zero attached hydrogens (tertiary/aromatic N) is 4. The number of aromatic nitrogens is 3. The number of imidazole rings is 1. The first-order chi connectivity index (χ1) is 20.0. The summed E-state index contributed by atoms with van der Waals surface area (Å²) in [5.74, 6) is 0.964. The summed E-state index contributed by atoms with van der Waals surface area (Å²) in [6, 6.07) is 11.7. The summed E-state index contributed by atoms with van der Waals surface area (Å²) in [6.45, 7) is 0.893. The van der Waals surface area contributed by atoms with Crippen LogP contribution in [0.5, 0.6) is 11.5 Å². The second kappa shape index (κ2) is 11.3. The van der Waals surface area contributed by atoms with Crippen LogP contribution in [0.2, 0.25) is 0 Å². The van der Waals surface area contributed by atoms with Gasteiger partial charge in [0.2, 0.25) is 6.33 Å². The summed E-state index contributed by atoms with van der Waals surface area (Å²) in [4.78, 5) is 31.6. The van der Waals surface area contributed by atoms with Crippen LogP contribution in [-0.2, 0) is 24.4 Å². The molecule has 0 radical (unpaired) electrons. The minimum absolute atomic E-state index is 0.132. The van der Waals surface area contributed by atoms with Crippen molar-refractivity contribution in [2.24, 2.45) is 0 Å². The van der Waals surface area contributed by atoms with E-state index in [0.717, 1.165) is 33.8 Å². The number of rotatable bonds is 9. The molecule has 0 bridgehead atoms. The number of nitrogens with one attached hydrogen (secondary N) is 2. The zero-order valence-corrected chi connectivity index (χ0v) is 22.9. The van der Waals surface area contributed by atoms with E-state index < -0.39 is 4.92 Å². The van der Waals surface area contributed by atoms with E-state index in [1.165, 1.54) is 23.9 Å². The lowest BCUT2D eigenvalue weighted by atomic mass is 9.91. The van der Waals surface area contributed by atoms with Crippen LogP contribution in [0.1, 0.15) is 29.7 Å². The Morgan fingerprint density at radius 3 is 2.78 bits per heavy atom. The molecule has 41 heavy (non-hydrogen) atoms. The fourth-order valence-corrected chi connectivity index (χ4v) is 5.42. The lowest BCUT2D eigenvalue weighted by molar-refractivity contribution is -0.389. The monoisotopic (exact) mass is 570 g/mol. The highest BCUT2D eigenvalue weighted by molar-refractivity contribution is 7.07. The molecule has 0 fully saturated rings. The summed E-state index contributed by atoms with van der Waals surface area (Å²) in [7, 11) is 1.62. The van der Waals surface area contributed by atoms with Gasteiger partial charge in [-0.1, -0.05) is 12.1 Å². The van der Waals surface area contributed by atoms with E-state index in [4.69, 9.17) is 9.47 Å². The van der Waals surface area contributed by atoms with Gasteiger partial charge in [-0.3, -0.25) is 4.79 Å². The van der Waals surface area contributed by atoms with E-state index in [-0.39, 0.29) is 11.7 Å². The van der Waals surface area contributed by atoms with Gasteiger partial charge in [0, 0.05) is 23.2 Å². The summed E-state index contributed by atoms with van der Waals surface area (Å²) in [5, 5.41) is 19.3. The number of carbonyl (C=O) groups is 1. The molecular weight excluding hydrogens is 544 g/mol. The molecule has 6 rings (SSSR count). The van der Waals surface area contributed by atoms with Crippen molar-refractivity contribution in [1.82, 2.24) is 14.5 Å². The number of allylic oxidation sites excluding steroid dienone is 2. The number of hydrogen-bond acceptors (Lipinski definition) is 9. The highest BCUT2D eigenvalue weighted by Gasteiger charge is 2.25. The molecule has 3 heterocycles. The van der Waals surface area contributed by atoms with Crippen LogP contribution >= 0.6 is 11.3 Å². The molecule has 2 aliphatic rings. The molecule has 208 valence electrons. The van der Waals surface area contributed by atoms with Crippen molar-refractivity contribution in [1.29, 1.82) is 0 Å². The molecule has 12 heteroatoms. The van der Waals surface area contributed by atoms with Crippen LogP contribution in [-0.4, -0.2) is 32.5 Å². The minimum atomic E-state index is -0.514. The van der Waals surface area contributed by atoms with Gasteiger partial charge in [0.25, 0.3) is 5.91 Å². The van der Waals surface area contributed by atoms with E-state index in [1.807, 2.05) is 47.9 Å². The fraction of sp³-hybridized carbons (Fsp3) is 0.207. The third-order valence-electron chi connectivity index (χ3n) is 7.02. The Labute approximate surface area is 239 Å². The number of benzene rings is 2. The van der Waals surface area contributed by atoms with Gasteiger partial charge in [-0.25, -0.2) is 4.98 Å². The number of fused-ring (bicyclic) bond motifs is 1. The van der Waals surface area contributed by atoms with Crippen molar-refractivity contribution in [2.45, 2.75) is 32.4 Å². The molecule has 1 aliphatic heterocycles. The predicted molar refractivity (Wildman–Crippen MR) is 155 cm³/mol. The molecule has 1 amide bonds. The van der Waals surface area contributed by atoms with Crippen LogP contribution in [0.3, 0.4) is 0 Å². The van der Waals surface area contributed by atoms with Gasteiger partial charge in [0.1, 0.15) is 12.8 Å². The standard InChI is InChI=1S/C29H26N6O5S/c1-39-27-12-20(4-7-26(27)40-14-21-15-41-17-31-21)19-3-5-22-24(11-19)32-23-6-2-18(10-25(23)33-29(22)36)8-9-34-13-28(30-16-34)35(37)38/h2,4,6-7,10-13,15-17,32H,3,5,8-9,14H2,1H3,(H,33,36). The Kier molecular flexibility index (Phi) is 7.21. The number of amides is 1. The van der Waals surface area contributed by atoms with E-state index >= 15 is 0 Å². The fourth-order valence-electron chi connectivity index (χ4n) is 4.88. The summed E-state index contributed by atoms with van der Waals surface area (Å²) >= 11 is 1.53. The molecule has 4 aromatic rings. The zero-order chi connectivity index (χ0) is 28.3. The molecule has 1 aliphatic carbocycles. The van der Waals surface area contributed by atoms with E-state index in [1.54, 1.807) is 17.2 Å². The van der Waals surface area contributed by atoms with Crippen LogP contribution < -0.4 is 20.1 Å². The van der Waals surface area contributed by atoms with E-state index in [0.29, 0.717) is 55.2 Å². The lowest BCUT2D eigenvalue weighted by Crippen LogP contribution is -2.16. The van der Waals surface area contributed by atoms with Gasteiger partial charge in [-0.15, -0.1) is 11.3 Å². The normalized spacial score (nSPS) is 14.3. The average molecular weight is 571 g/mol. The third-order valence-corrected chi connectivity index (χ3v) is 7.66. The third kappa shape index (κ3) is 5.68. The SMILES string of the molecule is COc1cc(C2=CC3=C(CC2)C(=O)Nc2cc(CCn4cnc([N+](=O)[O-])c4)ccc2N3)ccc1OCc1cscn1. The highest BCUT2D eigenvalue weighted by Crippen LogP contribution is 2.38. The molecule has 2 aromatic heterocycles. The van der Waals surface area contributed by atoms with Gasteiger partial charge in [-0.2, -0.15) is 0 Å². The summed E-state index contributed by atoms with van der Waals surface area (Å²) in [5.41, 5.74) is 8.67. The van der Waals surface area contributed by atoms with Gasteiger partial charge in [0.05, 0.1) is 29.7 Å². The second-order valence-electron chi connectivity index (χ2n) is 9.63. The van der Waals surface area contributed by atoms with E-state index in [2.05, 4.69) is 20.6 Å². The van der Waals surface area contributed by atoms with Gasteiger partial charge in [0.15, 0.2) is 11.5 Å². The van der Waals surface area contributed by atoms with Gasteiger partial charge >= 0.3 is 5.82 Å². The quantitative estimate of drug-likeness (QED) is 0.197. The van der Waals surface area contributed by atoms with Crippen molar-refractivity contribution < 1.29 is 19.2 Å². The Hall–Kier alpha value is -4.97. The lowest BCUT2D eigenvalue weighted by Gasteiger charge is -2.20. The first-order valence-corrected chi connectivity index (χ1v) is 13.9. The van der Waals surface area contributed by atoms with Gasteiger partial charge < -0.3 is 34.8 Å². The Morgan fingerprint density at radius 1 is 1.10 bits per heavy atom. The zero-order valence-electron chi connectivity index (χ0n) is 22.1. The Bertz CT molecular complexity index is 1690. The highest BCUT2D eigenvalue weighted by atomic mass is 32.1. The van der Waals surface area contributed by atoms with Crippen molar-refractivity contribution >= 4 is 40.0 Å². The van der Waals surface area contributed by atoms with E-state index in [9.17, 15) is 14.9 Å². The maximum atomic E-state index is 13.2. The molecular formula is C29H26N6O5S. The molecule has 0 atom stereocenters. The van der Waals surface area contributed by atoms with Crippen molar-refractivity contribution in [3.63, 3.8) is 0 Å². The Balaban J connectivity index is 1.18. The number of thiazole rings is 1. The molecule has 0 saturated heterocycles.